The molecule has 0 aliphatic rings. The number of hydrogen-bond donors (Lipinski definition) is 0. The van der Waals surface area contributed by atoms with Gasteiger partial charge in [0.25, 0.3) is 0 Å². The molecule has 0 aromatic heterocycles. The van der Waals surface area contributed by atoms with Gasteiger partial charge in [-0.1, -0.05) is 53.2 Å². The number of rotatable bonds is 2. The van der Waals surface area contributed by atoms with Crippen molar-refractivity contribution in [3.63, 3.8) is 0 Å². The molecule has 0 saturated heterocycles. The lowest BCUT2D eigenvalue weighted by Crippen LogP contribution is -2.06. The minimum absolute atomic E-state index is 0.335. The molecule has 0 spiro atoms. The lowest BCUT2D eigenvalue weighted by atomic mass is 9.86. The molecule has 0 heteroatoms. The highest BCUT2D eigenvalue weighted by Crippen LogP contribution is 2.25. The van der Waals surface area contributed by atoms with Crippen molar-refractivity contribution in [2.45, 2.75) is 61.3 Å². The minimum Gasteiger partial charge on any atom is -0.0802 e. The van der Waals surface area contributed by atoms with Crippen LogP contribution in [0.2, 0.25) is 0 Å². The first-order valence-electron chi connectivity index (χ1n) is 5.28. The van der Waals surface area contributed by atoms with E-state index in [0.29, 0.717) is 10.8 Å². The van der Waals surface area contributed by atoms with Gasteiger partial charge in [0.05, 0.1) is 0 Å². The molecule has 0 atom stereocenters. The maximum atomic E-state index is 2.39. The van der Waals surface area contributed by atoms with Crippen molar-refractivity contribution in [3.8, 4) is 0 Å². The van der Waals surface area contributed by atoms with E-state index in [1.165, 1.54) is 18.4 Å². The smallest absolute Gasteiger partial charge is 0.0201 e. The van der Waals surface area contributed by atoms with E-state index in [-0.39, 0.29) is 0 Å². The first kappa shape index (κ1) is 12.7. The van der Waals surface area contributed by atoms with E-state index in [1.807, 2.05) is 0 Å². The third-order valence-electron chi connectivity index (χ3n) is 1.95. The molecule has 0 nitrogen and oxygen atoms in total. The standard InChI is InChI=1S/C13H26/c1-11(10-13(5,6)7)8-9-12(2,3)4/h10H,8-9H2,1-7H3. The minimum atomic E-state index is 0.335. The summed E-state index contributed by atoms with van der Waals surface area (Å²) < 4.78 is 0. The van der Waals surface area contributed by atoms with Gasteiger partial charge in [0.1, 0.15) is 0 Å². The molecule has 13 heavy (non-hydrogen) atoms. The monoisotopic (exact) mass is 182 g/mol. The van der Waals surface area contributed by atoms with Gasteiger partial charge in [-0.05, 0) is 30.6 Å². The molecule has 0 aliphatic carbocycles. The van der Waals surface area contributed by atoms with Gasteiger partial charge in [-0.15, -0.1) is 0 Å². The third kappa shape index (κ3) is 9.66. The Bertz CT molecular complexity index is 171. The Hall–Kier alpha value is -0.260. The van der Waals surface area contributed by atoms with E-state index in [4.69, 9.17) is 0 Å². The van der Waals surface area contributed by atoms with Crippen LogP contribution in [-0.4, -0.2) is 0 Å². The Morgan fingerprint density at radius 2 is 1.46 bits per heavy atom. The maximum absolute atomic E-state index is 2.39. The van der Waals surface area contributed by atoms with Crippen LogP contribution in [0.3, 0.4) is 0 Å². The summed E-state index contributed by atoms with van der Waals surface area (Å²) in [6.07, 6.45) is 4.91. The van der Waals surface area contributed by atoms with Crippen LogP contribution >= 0.6 is 0 Å². The first-order chi connectivity index (χ1) is 5.60. The average Bonchev–Trinajstić information content (AvgIpc) is 1.78. The predicted molar refractivity (Wildman–Crippen MR) is 61.9 cm³/mol. The molecule has 0 heterocycles. The van der Waals surface area contributed by atoms with Crippen LogP contribution in [0.15, 0.2) is 11.6 Å². The molecule has 0 aromatic rings. The molecule has 78 valence electrons. The van der Waals surface area contributed by atoms with Gasteiger partial charge in [0.2, 0.25) is 0 Å². The lowest BCUT2D eigenvalue weighted by molar-refractivity contribution is 0.376. The second-order valence-electron chi connectivity index (χ2n) is 6.42. The van der Waals surface area contributed by atoms with Crippen molar-refractivity contribution in [2.75, 3.05) is 0 Å². The van der Waals surface area contributed by atoms with Gasteiger partial charge in [0.15, 0.2) is 0 Å². The van der Waals surface area contributed by atoms with Crippen LogP contribution in [0.4, 0.5) is 0 Å². The highest BCUT2D eigenvalue weighted by Gasteiger charge is 2.11. The molecule has 0 rings (SSSR count). The summed E-state index contributed by atoms with van der Waals surface area (Å²) in [7, 11) is 0. The normalized spacial score (nSPS) is 14.8. The maximum Gasteiger partial charge on any atom is -0.0201 e. The summed E-state index contributed by atoms with van der Waals surface area (Å²) in [5.41, 5.74) is 2.33. The fourth-order valence-electron chi connectivity index (χ4n) is 1.38. The molecule has 0 aromatic carbocycles. The van der Waals surface area contributed by atoms with E-state index >= 15 is 0 Å². The fraction of sp³-hybridized carbons (Fsp3) is 0.846. The average molecular weight is 182 g/mol. The van der Waals surface area contributed by atoms with Crippen molar-refractivity contribution in [1.82, 2.24) is 0 Å². The molecule has 0 amide bonds. The van der Waals surface area contributed by atoms with Gasteiger partial charge in [-0.25, -0.2) is 0 Å². The van der Waals surface area contributed by atoms with Crippen molar-refractivity contribution >= 4 is 0 Å². The van der Waals surface area contributed by atoms with Crippen LogP contribution in [0.1, 0.15) is 61.3 Å². The van der Waals surface area contributed by atoms with Crippen molar-refractivity contribution in [1.29, 1.82) is 0 Å². The lowest BCUT2D eigenvalue weighted by Gasteiger charge is -2.20. The Kier molecular flexibility index (Phi) is 4.22. The molecule has 0 unspecified atom stereocenters. The third-order valence-corrected chi connectivity index (χ3v) is 1.95. The van der Waals surface area contributed by atoms with Gasteiger partial charge < -0.3 is 0 Å². The summed E-state index contributed by atoms with van der Waals surface area (Å²) in [6.45, 7) is 15.9. The fourth-order valence-corrected chi connectivity index (χ4v) is 1.38. The molecule has 0 fully saturated rings. The van der Waals surface area contributed by atoms with Crippen molar-refractivity contribution in [2.24, 2.45) is 10.8 Å². The Labute approximate surface area is 84.4 Å². The van der Waals surface area contributed by atoms with E-state index in [1.54, 1.807) is 0 Å². The quantitative estimate of drug-likeness (QED) is 0.538. The first-order valence-corrected chi connectivity index (χ1v) is 5.28. The molecule has 0 radical (unpaired) electrons. The van der Waals surface area contributed by atoms with Crippen LogP contribution in [0, 0.1) is 10.8 Å². The van der Waals surface area contributed by atoms with E-state index in [2.05, 4.69) is 54.5 Å². The largest absolute Gasteiger partial charge is 0.0802 e. The summed E-state index contributed by atoms with van der Waals surface area (Å²) in [4.78, 5) is 0. The molecule has 0 N–H and O–H groups in total. The molecular weight excluding hydrogens is 156 g/mol. The van der Waals surface area contributed by atoms with Crippen LogP contribution < -0.4 is 0 Å². The van der Waals surface area contributed by atoms with E-state index < -0.39 is 0 Å². The Balaban J connectivity index is 4.02. The van der Waals surface area contributed by atoms with Crippen molar-refractivity contribution in [3.05, 3.63) is 11.6 Å². The molecule has 0 bridgehead atoms. The summed E-state index contributed by atoms with van der Waals surface area (Å²) in [5.74, 6) is 0. The van der Waals surface area contributed by atoms with Crippen LogP contribution in [0.25, 0.3) is 0 Å². The summed E-state index contributed by atoms with van der Waals surface area (Å²) in [5, 5.41) is 0. The topological polar surface area (TPSA) is 0 Å². The summed E-state index contributed by atoms with van der Waals surface area (Å²) in [6, 6.07) is 0. The zero-order valence-corrected chi connectivity index (χ0v) is 10.5. The Morgan fingerprint density at radius 3 is 1.77 bits per heavy atom. The predicted octanol–water partition coefficient (Wildman–Crippen LogP) is 4.81. The molecule has 0 saturated carbocycles. The zero-order chi connectivity index (χ0) is 10.7. The molecule has 0 aliphatic heterocycles. The van der Waals surface area contributed by atoms with Crippen LogP contribution in [0.5, 0.6) is 0 Å². The second-order valence-corrected chi connectivity index (χ2v) is 6.42. The summed E-state index contributed by atoms with van der Waals surface area (Å²) >= 11 is 0. The highest BCUT2D eigenvalue weighted by atomic mass is 14.2. The van der Waals surface area contributed by atoms with Crippen molar-refractivity contribution < 1.29 is 0 Å². The second kappa shape index (κ2) is 4.30. The highest BCUT2D eigenvalue weighted by molar-refractivity contribution is 5.04. The number of allylic oxidation sites excluding steroid dienone is 2. The van der Waals surface area contributed by atoms with Gasteiger partial charge in [0, 0.05) is 0 Å². The van der Waals surface area contributed by atoms with Gasteiger partial charge >= 0.3 is 0 Å². The Morgan fingerprint density at radius 1 is 1.00 bits per heavy atom. The van der Waals surface area contributed by atoms with E-state index in [9.17, 15) is 0 Å². The molecular formula is C13H26. The number of hydrogen-bond acceptors (Lipinski definition) is 0. The zero-order valence-electron chi connectivity index (χ0n) is 10.5. The SMILES string of the molecule is CC(=CC(C)(C)C)CCC(C)(C)C. The van der Waals surface area contributed by atoms with Crippen LogP contribution in [-0.2, 0) is 0 Å². The van der Waals surface area contributed by atoms with Gasteiger partial charge in [-0.2, -0.15) is 0 Å². The van der Waals surface area contributed by atoms with Gasteiger partial charge in [-0.3, -0.25) is 0 Å². The van der Waals surface area contributed by atoms with E-state index in [0.717, 1.165) is 0 Å².